The Morgan fingerprint density at radius 1 is 1.41 bits per heavy atom. The molecule has 3 nitrogen and oxygen atoms in total. The van der Waals surface area contributed by atoms with Gasteiger partial charge in [-0.2, -0.15) is 0 Å². The molecule has 0 radical (unpaired) electrons. The number of fused-ring (bicyclic) bond motifs is 1. The second kappa shape index (κ2) is 4.30. The zero-order chi connectivity index (χ0) is 11.8. The number of ketones is 1. The summed E-state index contributed by atoms with van der Waals surface area (Å²) in [7, 11) is 0. The van der Waals surface area contributed by atoms with Crippen LogP contribution in [0.1, 0.15) is 42.3 Å². The van der Waals surface area contributed by atoms with Gasteiger partial charge in [0.25, 0.3) is 0 Å². The van der Waals surface area contributed by atoms with Crippen LogP contribution in [0.25, 0.3) is 0 Å². The Bertz CT molecular complexity index is 424. The van der Waals surface area contributed by atoms with E-state index in [1.165, 1.54) is 6.42 Å². The van der Waals surface area contributed by atoms with Gasteiger partial charge in [-0.3, -0.25) is 4.79 Å². The molecule has 1 aliphatic heterocycles. The van der Waals surface area contributed by atoms with Gasteiger partial charge in [0.2, 0.25) is 0 Å². The molecule has 0 spiro atoms. The Labute approximate surface area is 102 Å². The lowest BCUT2D eigenvalue weighted by molar-refractivity contribution is 0.0837. The Kier molecular flexibility index (Phi) is 2.79. The first-order chi connectivity index (χ1) is 8.25. The lowest BCUT2D eigenvalue weighted by Crippen LogP contribution is -2.46. The van der Waals surface area contributed by atoms with Crippen LogP contribution in [0.4, 0.5) is 0 Å². The lowest BCUT2D eigenvalue weighted by Gasteiger charge is -2.35. The third kappa shape index (κ3) is 1.93. The summed E-state index contributed by atoms with van der Waals surface area (Å²) < 4.78 is 5.34. The van der Waals surface area contributed by atoms with E-state index in [-0.39, 0.29) is 11.7 Å². The number of nitrogens with one attached hydrogen (secondary N) is 1. The molecular formula is C14H19NO2. The molecule has 3 rings (SSSR count). The molecule has 92 valence electrons. The lowest BCUT2D eigenvalue weighted by atomic mass is 9.77. The first-order valence-electron chi connectivity index (χ1n) is 6.59. The highest BCUT2D eigenvalue weighted by Crippen LogP contribution is 2.32. The summed E-state index contributed by atoms with van der Waals surface area (Å²) in [5.74, 6) is 2.06. The van der Waals surface area contributed by atoms with E-state index in [1.54, 1.807) is 6.26 Å². The van der Waals surface area contributed by atoms with Gasteiger partial charge in [0.1, 0.15) is 5.76 Å². The van der Waals surface area contributed by atoms with E-state index in [2.05, 4.69) is 12.2 Å². The van der Waals surface area contributed by atoms with Crippen molar-refractivity contribution in [2.75, 3.05) is 6.54 Å². The van der Waals surface area contributed by atoms with Crippen LogP contribution in [0.5, 0.6) is 0 Å². The van der Waals surface area contributed by atoms with Crippen LogP contribution in [0.2, 0.25) is 0 Å². The fraction of sp³-hybridized carbons (Fsp3) is 0.643. The molecule has 17 heavy (non-hydrogen) atoms. The molecule has 0 amide bonds. The number of carbonyl (C=O) groups is 1. The number of piperidine rings is 1. The van der Waals surface area contributed by atoms with Crippen molar-refractivity contribution in [3.05, 3.63) is 23.7 Å². The predicted octanol–water partition coefficient (Wildman–Crippen LogP) is 2.41. The van der Waals surface area contributed by atoms with Crippen LogP contribution in [-0.4, -0.2) is 18.4 Å². The monoisotopic (exact) mass is 233 g/mol. The van der Waals surface area contributed by atoms with Crippen LogP contribution >= 0.6 is 0 Å². The summed E-state index contributed by atoms with van der Waals surface area (Å²) in [6.45, 7) is 3.33. The first kappa shape index (κ1) is 11.0. The minimum absolute atomic E-state index is 0.155. The topological polar surface area (TPSA) is 42.2 Å². The molecule has 1 aromatic heterocycles. The molecule has 3 atom stereocenters. The van der Waals surface area contributed by atoms with Crippen LogP contribution in [-0.2, 0) is 6.42 Å². The van der Waals surface area contributed by atoms with Gasteiger partial charge in [0.15, 0.2) is 5.78 Å². The molecule has 2 heterocycles. The Hall–Kier alpha value is -1.09. The van der Waals surface area contributed by atoms with Crippen LogP contribution in [0.15, 0.2) is 16.7 Å². The van der Waals surface area contributed by atoms with Crippen molar-refractivity contribution in [2.45, 2.75) is 38.6 Å². The average Bonchev–Trinajstić information content (AvgIpc) is 2.78. The molecule has 0 aromatic carbocycles. The van der Waals surface area contributed by atoms with Crippen molar-refractivity contribution in [1.29, 1.82) is 0 Å². The summed E-state index contributed by atoms with van der Waals surface area (Å²) in [4.78, 5) is 12.4. The van der Waals surface area contributed by atoms with Gasteiger partial charge < -0.3 is 9.73 Å². The molecule has 2 aliphatic rings. The molecule has 1 N–H and O–H groups in total. The second-order valence-corrected chi connectivity index (χ2v) is 5.46. The maximum Gasteiger partial charge on any atom is 0.171 e. The highest BCUT2D eigenvalue weighted by molar-refractivity contribution is 6.00. The molecule has 1 fully saturated rings. The quantitative estimate of drug-likeness (QED) is 0.810. The number of hydrogen-bond acceptors (Lipinski definition) is 3. The van der Waals surface area contributed by atoms with Crippen molar-refractivity contribution >= 4 is 5.78 Å². The van der Waals surface area contributed by atoms with Gasteiger partial charge in [0.05, 0.1) is 11.8 Å². The van der Waals surface area contributed by atoms with Crippen molar-refractivity contribution in [2.24, 2.45) is 11.8 Å². The van der Waals surface area contributed by atoms with Crippen LogP contribution in [0.3, 0.4) is 0 Å². The number of hydrogen-bond donors (Lipinski definition) is 1. The van der Waals surface area contributed by atoms with Gasteiger partial charge in [-0.15, -0.1) is 0 Å². The summed E-state index contributed by atoms with van der Waals surface area (Å²) >= 11 is 0. The number of carbonyl (C=O) groups excluding carboxylic acids is 1. The smallest absolute Gasteiger partial charge is 0.171 e. The van der Waals surface area contributed by atoms with E-state index in [9.17, 15) is 4.79 Å². The number of rotatable bonds is 1. The molecule has 1 saturated heterocycles. The zero-order valence-electron chi connectivity index (χ0n) is 10.2. The molecule has 1 aliphatic carbocycles. The average molecular weight is 233 g/mol. The SMILES string of the molecule is CC1CCNC(C2CCc3occc3C2=O)C1. The Morgan fingerprint density at radius 2 is 2.29 bits per heavy atom. The minimum atomic E-state index is 0.155. The van der Waals surface area contributed by atoms with Gasteiger partial charge in [0, 0.05) is 18.4 Å². The Balaban J connectivity index is 1.79. The van der Waals surface area contributed by atoms with Crippen molar-refractivity contribution < 1.29 is 9.21 Å². The fourth-order valence-corrected chi connectivity index (χ4v) is 3.21. The molecule has 1 aromatic rings. The summed E-state index contributed by atoms with van der Waals surface area (Å²) in [5.41, 5.74) is 0.821. The molecule has 3 heteroatoms. The highest BCUT2D eigenvalue weighted by Gasteiger charge is 2.36. The third-order valence-electron chi connectivity index (χ3n) is 4.22. The number of aryl methyl sites for hydroxylation is 1. The Morgan fingerprint density at radius 3 is 3.12 bits per heavy atom. The predicted molar refractivity (Wildman–Crippen MR) is 65.0 cm³/mol. The largest absolute Gasteiger partial charge is 0.469 e. The fourth-order valence-electron chi connectivity index (χ4n) is 3.21. The zero-order valence-corrected chi connectivity index (χ0v) is 10.2. The van der Waals surface area contributed by atoms with E-state index in [0.717, 1.165) is 43.0 Å². The van der Waals surface area contributed by atoms with E-state index in [0.29, 0.717) is 6.04 Å². The normalized spacial score (nSPS) is 33.5. The summed E-state index contributed by atoms with van der Waals surface area (Å²) in [5, 5.41) is 3.52. The molecule has 0 saturated carbocycles. The van der Waals surface area contributed by atoms with Crippen molar-refractivity contribution in [3.8, 4) is 0 Å². The van der Waals surface area contributed by atoms with Gasteiger partial charge in [-0.25, -0.2) is 0 Å². The van der Waals surface area contributed by atoms with E-state index in [1.807, 2.05) is 6.07 Å². The molecule has 3 unspecified atom stereocenters. The maximum absolute atomic E-state index is 12.4. The second-order valence-electron chi connectivity index (χ2n) is 5.46. The standard InChI is InChI=1S/C14H19NO2/c1-9-4-6-15-12(8-9)10-2-3-13-11(14(10)16)5-7-17-13/h5,7,9-10,12,15H,2-4,6,8H2,1H3. The van der Waals surface area contributed by atoms with Crippen molar-refractivity contribution in [1.82, 2.24) is 5.32 Å². The van der Waals surface area contributed by atoms with Gasteiger partial charge in [-0.1, -0.05) is 6.92 Å². The van der Waals surface area contributed by atoms with E-state index < -0.39 is 0 Å². The third-order valence-corrected chi connectivity index (χ3v) is 4.22. The number of Topliss-reactive ketones (excluding diaryl/α,β-unsaturated/α-hetero) is 1. The maximum atomic E-state index is 12.4. The van der Waals surface area contributed by atoms with Crippen molar-refractivity contribution in [3.63, 3.8) is 0 Å². The highest BCUT2D eigenvalue weighted by atomic mass is 16.3. The molecular weight excluding hydrogens is 214 g/mol. The summed E-state index contributed by atoms with van der Waals surface area (Å²) in [6.07, 6.45) is 5.84. The minimum Gasteiger partial charge on any atom is -0.469 e. The van der Waals surface area contributed by atoms with Gasteiger partial charge in [-0.05, 0) is 37.8 Å². The molecule has 0 bridgehead atoms. The van der Waals surface area contributed by atoms with Gasteiger partial charge >= 0.3 is 0 Å². The van der Waals surface area contributed by atoms with E-state index in [4.69, 9.17) is 4.42 Å². The van der Waals surface area contributed by atoms with Crippen LogP contribution < -0.4 is 5.32 Å². The number of furan rings is 1. The van der Waals surface area contributed by atoms with Crippen LogP contribution in [0, 0.1) is 11.8 Å². The summed E-state index contributed by atoms with van der Waals surface area (Å²) in [6, 6.07) is 2.20. The van der Waals surface area contributed by atoms with E-state index >= 15 is 0 Å². The first-order valence-corrected chi connectivity index (χ1v) is 6.59.